The Kier molecular flexibility index (Phi) is 3.47. The fourth-order valence-corrected chi connectivity index (χ4v) is 3.31. The van der Waals surface area contributed by atoms with Crippen LogP contribution in [0.1, 0.15) is 16.8 Å². The third kappa shape index (κ3) is 2.66. The van der Waals surface area contributed by atoms with E-state index in [1.165, 1.54) is 6.26 Å². The summed E-state index contributed by atoms with van der Waals surface area (Å²) in [6, 6.07) is 14.5. The lowest BCUT2D eigenvalue weighted by Gasteiger charge is -2.05. The molecular formula is C15H13ClN2O2S. The number of nitrogens with zero attached hydrogens (tertiary/aromatic N) is 1. The summed E-state index contributed by atoms with van der Waals surface area (Å²) in [4.78, 5) is 7.70. The molecule has 1 heterocycles. The first-order valence-electron chi connectivity index (χ1n) is 6.34. The van der Waals surface area contributed by atoms with Crippen molar-refractivity contribution in [2.75, 3.05) is 6.26 Å². The number of fused-ring (bicyclic) bond motifs is 1. The van der Waals surface area contributed by atoms with Crippen LogP contribution < -0.4 is 0 Å². The van der Waals surface area contributed by atoms with E-state index in [0.29, 0.717) is 16.9 Å². The van der Waals surface area contributed by atoms with Crippen LogP contribution in [0.4, 0.5) is 0 Å². The third-order valence-corrected chi connectivity index (χ3v) is 4.81. The smallest absolute Gasteiger partial charge is 0.177 e. The van der Waals surface area contributed by atoms with Crippen LogP contribution in [0, 0.1) is 0 Å². The van der Waals surface area contributed by atoms with Crippen LogP contribution in [-0.2, 0) is 9.84 Å². The van der Waals surface area contributed by atoms with E-state index in [9.17, 15) is 8.42 Å². The summed E-state index contributed by atoms with van der Waals surface area (Å²) in [7, 11) is -3.33. The molecule has 1 unspecified atom stereocenters. The van der Waals surface area contributed by atoms with Crippen molar-refractivity contribution < 1.29 is 8.42 Å². The van der Waals surface area contributed by atoms with Gasteiger partial charge in [0.2, 0.25) is 0 Å². The Morgan fingerprint density at radius 3 is 2.48 bits per heavy atom. The van der Waals surface area contributed by atoms with Crippen molar-refractivity contribution in [3.8, 4) is 0 Å². The van der Waals surface area contributed by atoms with Gasteiger partial charge in [0.05, 0.1) is 10.4 Å². The van der Waals surface area contributed by atoms with Gasteiger partial charge < -0.3 is 4.98 Å². The molecule has 3 aromatic rings. The molecule has 2 aromatic carbocycles. The second-order valence-corrected chi connectivity index (χ2v) is 7.24. The SMILES string of the molecule is CS(=O)(=O)c1cccc2[nH]c(C(Cl)c3ccccc3)nc12. The van der Waals surface area contributed by atoms with E-state index in [-0.39, 0.29) is 4.90 Å². The summed E-state index contributed by atoms with van der Waals surface area (Å²) in [6.45, 7) is 0. The van der Waals surface area contributed by atoms with E-state index in [0.717, 1.165) is 5.56 Å². The van der Waals surface area contributed by atoms with Gasteiger partial charge in [-0.3, -0.25) is 0 Å². The number of imidazole rings is 1. The van der Waals surface area contributed by atoms with Gasteiger partial charge in [0, 0.05) is 6.26 Å². The summed E-state index contributed by atoms with van der Waals surface area (Å²) in [6.07, 6.45) is 1.17. The summed E-state index contributed by atoms with van der Waals surface area (Å²) < 4.78 is 23.6. The minimum atomic E-state index is -3.33. The molecule has 21 heavy (non-hydrogen) atoms. The zero-order chi connectivity index (χ0) is 15.0. The minimum Gasteiger partial charge on any atom is -0.340 e. The summed E-state index contributed by atoms with van der Waals surface area (Å²) in [5.41, 5.74) is 1.99. The Hall–Kier alpha value is -1.85. The number of hydrogen-bond donors (Lipinski definition) is 1. The van der Waals surface area contributed by atoms with Gasteiger partial charge >= 0.3 is 0 Å². The first kappa shape index (κ1) is 14.1. The number of nitrogens with one attached hydrogen (secondary N) is 1. The average molecular weight is 321 g/mol. The van der Waals surface area contributed by atoms with Crippen LogP contribution in [0.15, 0.2) is 53.4 Å². The number of benzene rings is 2. The second-order valence-electron chi connectivity index (χ2n) is 4.82. The molecule has 0 aliphatic rings. The molecule has 1 N–H and O–H groups in total. The Balaban J connectivity index is 2.14. The van der Waals surface area contributed by atoms with Crippen molar-refractivity contribution in [1.82, 2.24) is 9.97 Å². The highest BCUT2D eigenvalue weighted by Crippen LogP contribution is 2.29. The number of H-pyrrole nitrogens is 1. The van der Waals surface area contributed by atoms with Gasteiger partial charge in [0.15, 0.2) is 9.84 Å². The first-order valence-corrected chi connectivity index (χ1v) is 8.67. The Labute approximate surface area is 127 Å². The lowest BCUT2D eigenvalue weighted by Crippen LogP contribution is -1.98. The standard InChI is InChI=1S/C15H13ClN2O2S/c1-21(19,20)12-9-5-8-11-14(12)18-15(17-11)13(16)10-6-3-2-4-7-10/h2-9,13H,1H3,(H,17,18). The van der Waals surface area contributed by atoms with Gasteiger partial charge in [-0.25, -0.2) is 13.4 Å². The molecule has 0 bridgehead atoms. The van der Waals surface area contributed by atoms with Crippen molar-refractivity contribution in [3.05, 3.63) is 59.9 Å². The Morgan fingerprint density at radius 2 is 1.81 bits per heavy atom. The summed E-state index contributed by atoms with van der Waals surface area (Å²) in [5.74, 6) is 0.536. The molecule has 0 amide bonds. The maximum atomic E-state index is 11.8. The monoisotopic (exact) mass is 320 g/mol. The Morgan fingerprint density at radius 1 is 1.10 bits per heavy atom. The number of rotatable bonds is 3. The van der Waals surface area contributed by atoms with Gasteiger partial charge in [-0.15, -0.1) is 11.6 Å². The lowest BCUT2D eigenvalue weighted by molar-refractivity contribution is 0.602. The number of alkyl halides is 1. The van der Waals surface area contributed by atoms with E-state index in [1.807, 2.05) is 30.3 Å². The Bertz CT molecular complexity index is 888. The fourth-order valence-electron chi connectivity index (χ4n) is 2.22. The van der Waals surface area contributed by atoms with Crippen molar-refractivity contribution in [3.63, 3.8) is 0 Å². The molecular weight excluding hydrogens is 308 g/mol. The van der Waals surface area contributed by atoms with E-state index in [4.69, 9.17) is 11.6 Å². The van der Waals surface area contributed by atoms with Gasteiger partial charge in [0.1, 0.15) is 16.7 Å². The first-order chi connectivity index (χ1) is 9.97. The molecule has 1 aromatic heterocycles. The maximum absolute atomic E-state index is 11.8. The lowest BCUT2D eigenvalue weighted by atomic mass is 10.1. The van der Waals surface area contributed by atoms with Gasteiger partial charge in [0.25, 0.3) is 0 Å². The van der Waals surface area contributed by atoms with Gasteiger partial charge in [-0.1, -0.05) is 36.4 Å². The van der Waals surface area contributed by atoms with Gasteiger partial charge in [-0.2, -0.15) is 0 Å². The van der Waals surface area contributed by atoms with Crippen LogP contribution in [0.3, 0.4) is 0 Å². The summed E-state index contributed by atoms with van der Waals surface area (Å²) in [5, 5.41) is -0.453. The molecule has 4 nitrogen and oxygen atoms in total. The molecule has 3 rings (SSSR count). The zero-order valence-corrected chi connectivity index (χ0v) is 12.8. The predicted octanol–water partition coefficient (Wildman–Crippen LogP) is 3.29. The molecule has 6 heteroatoms. The molecule has 1 atom stereocenters. The molecule has 0 aliphatic carbocycles. The van der Waals surface area contributed by atoms with Crippen LogP contribution >= 0.6 is 11.6 Å². The highest BCUT2D eigenvalue weighted by Gasteiger charge is 2.19. The van der Waals surface area contributed by atoms with Gasteiger partial charge in [-0.05, 0) is 17.7 Å². The van der Waals surface area contributed by atoms with Crippen LogP contribution in [-0.4, -0.2) is 24.6 Å². The third-order valence-electron chi connectivity index (χ3n) is 3.23. The maximum Gasteiger partial charge on any atom is 0.177 e. The quantitative estimate of drug-likeness (QED) is 0.753. The number of sulfone groups is 1. The van der Waals surface area contributed by atoms with Crippen molar-refractivity contribution in [2.45, 2.75) is 10.3 Å². The van der Waals surface area contributed by atoms with Crippen molar-refractivity contribution >= 4 is 32.5 Å². The second kappa shape index (κ2) is 5.16. The topological polar surface area (TPSA) is 62.8 Å². The number of aromatic nitrogens is 2. The molecule has 0 aliphatic heterocycles. The number of para-hydroxylation sites is 1. The van der Waals surface area contributed by atoms with E-state index in [1.54, 1.807) is 18.2 Å². The molecule has 0 fully saturated rings. The van der Waals surface area contributed by atoms with E-state index >= 15 is 0 Å². The van der Waals surface area contributed by atoms with Crippen molar-refractivity contribution in [1.29, 1.82) is 0 Å². The molecule has 0 saturated carbocycles. The zero-order valence-electron chi connectivity index (χ0n) is 11.2. The number of halogens is 1. The average Bonchev–Trinajstić information content (AvgIpc) is 2.90. The van der Waals surface area contributed by atoms with Crippen LogP contribution in [0.25, 0.3) is 11.0 Å². The fraction of sp³-hybridized carbons (Fsp3) is 0.133. The van der Waals surface area contributed by atoms with Crippen LogP contribution in [0.5, 0.6) is 0 Å². The van der Waals surface area contributed by atoms with E-state index < -0.39 is 15.2 Å². The number of aromatic amines is 1. The van der Waals surface area contributed by atoms with Crippen LogP contribution in [0.2, 0.25) is 0 Å². The highest BCUT2D eigenvalue weighted by atomic mass is 35.5. The molecule has 108 valence electrons. The largest absolute Gasteiger partial charge is 0.340 e. The molecule has 0 radical (unpaired) electrons. The highest BCUT2D eigenvalue weighted by molar-refractivity contribution is 7.91. The molecule has 0 spiro atoms. The number of hydrogen-bond acceptors (Lipinski definition) is 3. The predicted molar refractivity (Wildman–Crippen MR) is 83.3 cm³/mol. The summed E-state index contributed by atoms with van der Waals surface area (Å²) >= 11 is 6.43. The van der Waals surface area contributed by atoms with E-state index in [2.05, 4.69) is 9.97 Å². The minimum absolute atomic E-state index is 0.208. The van der Waals surface area contributed by atoms with Crippen molar-refractivity contribution in [2.24, 2.45) is 0 Å². The molecule has 0 saturated heterocycles. The normalized spacial score (nSPS) is 13.4.